The summed E-state index contributed by atoms with van der Waals surface area (Å²) in [5.41, 5.74) is 0. The van der Waals surface area contributed by atoms with Crippen molar-refractivity contribution in [1.82, 2.24) is 10.2 Å². The molecule has 0 aliphatic carbocycles. The molecule has 6 nitrogen and oxygen atoms in total. The summed E-state index contributed by atoms with van der Waals surface area (Å²) in [6, 6.07) is 2.18. The van der Waals surface area contributed by atoms with Crippen LogP contribution < -0.4 is 5.32 Å². The minimum Gasteiger partial charge on any atom is -0.479 e. The van der Waals surface area contributed by atoms with Crippen molar-refractivity contribution >= 4 is 23.3 Å². The summed E-state index contributed by atoms with van der Waals surface area (Å²) in [5, 5.41) is 13.7. The number of thiophene rings is 1. The molecule has 3 atom stereocenters. The van der Waals surface area contributed by atoms with Crippen LogP contribution in [0.5, 0.6) is 0 Å². The lowest BCUT2D eigenvalue weighted by molar-refractivity contribution is -0.139. The second-order valence-corrected chi connectivity index (χ2v) is 6.08. The summed E-state index contributed by atoms with van der Waals surface area (Å²) in [6.45, 7) is 1.08. The number of urea groups is 1. The number of morpholine rings is 1. The van der Waals surface area contributed by atoms with Crippen molar-refractivity contribution in [2.45, 2.75) is 31.1 Å². The molecule has 2 N–H and O–H groups in total. The van der Waals surface area contributed by atoms with Crippen LogP contribution in [-0.4, -0.2) is 47.3 Å². The monoisotopic (exact) mass is 296 g/mol. The third kappa shape index (κ3) is 2.64. The highest BCUT2D eigenvalue weighted by atomic mass is 32.1. The maximum Gasteiger partial charge on any atom is 0.331 e. The number of carbonyl (C=O) groups excluding carboxylic acids is 1. The molecule has 20 heavy (non-hydrogen) atoms. The summed E-state index contributed by atoms with van der Waals surface area (Å²) in [4.78, 5) is 25.8. The first-order valence-corrected chi connectivity index (χ1v) is 7.48. The van der Waals surface area contributed by atoms with Gasteiger partial charge < -0.3 is 20.1 Å². The Labute approximate surface area is 120 Å². The highest BCUT2D eigenvalue weighted by molar-refractivity contribution is 7.10. The Balaban J connectivity index is 1.66. The second-order valence-electron chi connectivity index (χ2n) is 5.10. The van der Waals surface area contributed by atoms with Crippen molar-refractivity contribution < 1.29 is 19.4 Å². The summed E-state index contributed by atoms with van der Waals surface area (Å²) >= 11 is 1.32. The molecular formula is C13H16N2O4S. The van der Waals surface area contributed by atoms with Crippen LogP contribution in [0, 0.1) is 0 Å². The molecule has 2 bridgehead atoms. The van der Waals surface area contributed by atoms with Gasteiger partial charge in [0.1, 0.15) is 0 Å². The SMILES string of the molecule is O=C(O)C(NC(=O)N1CC2CCC(C1)O2)c1cccs1. The minimum atomic E-state index is -1.04. The highest BCUT2D eigenvalue weighted by Crippen LogP contribution is 2.27. The number of carbonyl (C=O) groups is 2. The molecule has 2 saturated heterocycles. The van der Waals surface area contributed by atoms with E-state index in [4.69, 9.17) is 4.74 Å². The van der Waals surface area contributed by atoms with Gasteiger partial charge in [-0.25, -0.2) is 9.59 Å². The van der Waals surface area contributed by atoms with Crippen molar-refractivity contribution in [1.29, 1.82) is 0 Å². The van der Waals surface area contributed by atoms with Crippen LogP contribution in [0.3, 0.4) is 0 Å². The molecule has 2 amide bonds. The molecule has 2 aliphatic heterocycles. The van der Waals surface area contributed by atoms with Gasteiger partial charge in [-0.3, -0.25) is 0 Å². The number of likely N-dealkylation sites (tertiary alicyclic amines) is 1. The molecule has 0 aromatic carbocycles. The molecule has 0 radical (unpaired) electrons. The fraction of sp³-hybridized carbons (Fsp3) is 0.538. The van der Waals surface area contributed by atoms with Gasteiger partial charge in [-0.1, -0.05) is 6.07 Å². The van der Waals surface area contributed by atoms with Crippen molar-refractivity contribution in [3.05, 3.63) is 22.4 Å². The quantitative estimate of drug-likeness (QED) is 0.885. The van der Waals surface area contributed by atoms with Crippen LogP contribution in [0.25, 0.3) is 0 Å². The van der Waals surface area contributed by atoms with Crippen molar-refractivity contribution in [2.24, 2.45) is 0 Å². The van der Waals surface area contributed by atoms with Crippen LogP contribution in [0.2, 0.25) is 0 Å². The molecule has 0 saturated carbocycles. The number of ether oxygens (including phenoxy) is 1. The van der Waals surface area contributed by atoms with E-state index in [1.54, 1.807) is 22.4 Å². The van der Waals surface area contributed by atoms with Gasteiger partial charge in [0, 0.05) is 18.0 Å². The number of aliphatic carboxylic acids is 1. The Hall–Kier alpha value is -1.60. The van der Waals surface area contributed by atoms with Gasteiger partial charge in [0.05, 0.1) is 12.2 Å². The number of carboxylic acids is 1. The van der Waals surface area contributed by atoms with Gasteiger partial charge in [0.25, 0.3) is 0 Å². The Morgan fingerprint density at radius 1 is 1.40 bits per heavy atom. The molecule has 0 spiro atoms. The predicted octanol–water partition coefficient (Wildman–Crippen LogP) is 1.45. The van der Waals surface area contributed by atoms with E-state index in [0.29, 0.717) is 18.0 Å². The van der Waals surface area contributed by atoms with Gasteiger partial charge >= 0.3 is 12.0 Å². The number of carboxylic acid groups (broad SMARTS) is 1. The molecule has 3 rings (SSSR count). The van der Waals surface area contributed by atoms with Crippen LogP contribution in [-0.2, 0) is 9.53 Å². The van der Waals surface area contributed by atoms with Crippen LogP contribution in [0.1, 0.15) is 23.8 Å². The molecule has 2 aliphatic rings. The third-order valence-corrected chi connectivity index (χ3v) is 4.61. The number of nitrogens with one attached hydrogen (secondary N) is 1. The van der Waals surface area contributed by atoms with Gasteiger partial charge in [0.2, 0.25) is 0 Å². The van der Waals surface area contributed by atoms with E-state index in [1.807, 2.05) is 0 Å². The molecule has 7 heteroatoms. The highest BCUT2D eigenvalue weighted by Gasteiger charge is 2.36. The Morgan fingerprint density at radius 2 is 2.10 bits per heavy atom. The molecule has 2 fully saturated rings. The average molecular weight is 296 g/mol. The van der Waals surface area contributed by atoms with E-state index in [0.717, 1.165) is 12.8 Å². The molecule has 3 unspecified atom stereocenters. The third-order valence-electron chi connectivity index (χ3n) is 3.67. The second kappa shape index (κ2) is 5.41. The number of rotatable bonds is 3. The molecule has 108 valence electrons. The zero-order valence-corrected chi connectivity index (χ0v) is 11.6. The first-order chi connectivity index (χ1) is 9.63. The summed E-state index contributed by atoms with van der Waals surface area (Å²) in [7, 11) is 0. The topological polar surface area (TPSA) is 78.9 Å². The number of hydrogen-bond acceptors (Lipinski definition) is 4. The summed E-state index contributed by atoms with van der Waals surface area (Å²) in [5.74, 6) is -1.04. The Kier molecular flexibility index (Phi) is 3.62. The fourth-order valence-electron chi connectivity index (χ4n) is 2.71. The Bertz CT molecular complexity index is 492. The van der Waals surface area contributed by atoms with Gasteiger partial charge in [-0.2, -0.15) is 0 Å². The predicted molar refractivity (Wildman–Crippen MR) is 72.7 cm³/mol. The standard InChI is InChI=1S/C13H16N2O4S/c16-12(17)11(10-2-1-5-20-10)14-13(18)15-6-8-3-4-9(7-15)19-8/h1-2,5,8-9,11H,3-4,6-7H2,(H,14,18)(H,16,17). The lowest BCUT2D eigenvalue weighted by Crippen LogP contribution is -2.51. The lowest BCUT2D eigenvalue weighted by atomic mass is 10.2. The van der Waals surface area contributed by atoms with Crippen molar-refractivity contribution in [3.8, 4) is 0 Å². The normalized spacial score (nSPS) is 26.3. The molecule has 1 aromatic rings. The summed E-state index contributed by atoms with van der Waals surface area (Å²) < 4.78 is 5.67. The van der Waals surface area contributed by atoms with Crippen LogP contribution in [0.4, 0.5) is 4.79 Å². The van der Waals surface area contributed by atoms with Gasteiger partial charge in [0.15, 0.2) is 6.04 Å². The average Bonchev–Trinajstić information content (AvgIpc) is 3.05. The fourth-order valence-corrected chi connectivity index (χ4v) is 3.47. The summed E-state index contributed by atoms with van der Waals surface area (Å²) in [6.07, 6.45) is 2.15. The van der Waals surface area contributed by atoms with E-state index in [1.165, 1.54) is 11.3 Å². The van der Waals surface area contributed by atoms with E-state index in [-0.39, 0.29) is 18.2 Å². The van der Waals surface area contributed by atoms with Crippen molar-refractivity contribution in [2.75, 3.05) is 13.1 Å². The Morgan fingerprint density at radius 3 is 2.65 bits per heavy atom. The van der Waals surface area contributed by atoms with E-state index in [9.17, 15) is 14.7 Å². The van der Waals surface area contributed by atoms with Crippen molar-refractivity contribution in [3.63, 3.8) is 0 Å². The smallest absolute Gasteiger partial charge is 0.331 e. The number of nitrogens with zero attached hydrogens (tertiary/aromatic N) is 1. The maximum absolute atomic E-state index is 12.2. The molecular weight excluding hydrogens is 280 g/mol. The maximum atomic E-state index is 12.2. The number of amides is 2. The molecule has 1 aromatic heterocycles. The number of hydrogen-bond donors (Lipinski definition) is 2. The minimum absolute atomic E-state index is 0.101. The van der Waals surface area contributed by atoms with Crippen LogP contribution in [0.15, 0.2) is 17.5 Å². The lowest BCUT2D eigenvalue weighted by Gasteiger charge is -2.32. The number of fused-ring (bicyclic) bond motifs is 2. The van der Waals surface area contributed by atoms with E-state index < -0.39 is 12.0 Å². The van der Waals surface area contributed by atoms with Gasteiger partial charge in [-0.05, 0) is 24.3 Å². The zero-order chi connectivity index (χ0) is 14.1. The van der Waals surface area contributed by atoms with Gasteiger partial charge in [-0.15, -0.1) is 11.3 Å². The zero-order valence-electron chi connectivity index (χ0n) is 10.8. The first kappa shape index (κ1) is 13.4. The van der Waals surface area contributed by atoms with E-state index in [2.05, 4.69) is 5.32 Å². The van der Waals surface area contributed by atoms with Crippen LogP contribution >= 0.6 is 11.3 Å². The largest absolute Gasteiger partial charge is 0.479 e. The molecule has 3 heterocycles. The first-order valence-electron chi connectivity index (χ1n) is 6.60. The van der Waals surface area contributed by atoms with E-state index >= 15 is 0 Å².